The molecule has 3 rings (SSSR count). The van der Waals surface area contributed by atoms with Crippen LogP contribution >= 0.6 is 0 Å². The van der Waals surface area contributed by atoms with Crippen molar-refractivity contribution in [2.45, 2.75) is 13.0 Å². The minimum Gasteiger partial charge on any atom is -0.442 e. The number of carbonyl (C=O) groups is 2. The van der Waals surface area contributed by atoms with Gasteiger partial charge < -0.3 is 10.1 Å². The molecule has 1 fully saturated rings. The van der Waals surface area contributed by atoms with Crippen LogP contribution in [0.4, 0.5) is 10.5 Å². The smallest absolute Gasteiger partial charge is 0.414 e. The highest BCUT2D eigenvalue weighted by molar-refractivity contribution is 7.89. The highest BCUT2D eigenvalue weighted by Crippen LogP contribution is 2.25. The predicted octanol–water partition coefficient (Wildman–Crippen LogP) is 0.270. The van der Waals surface area contributed by atoms with Crippen LogP contribution in [0.25, 0.3) is 10.9 Å². The second-order valence-electron chi connectivity index (χ2n) is 6.00. The number of benzene rings is 1. The Morgan fingerprint density at radius 1 is 1.27 bits per heavy atom. The van der Waals surface area contributed by atoms with Crippen LogP contribution in [0.15, 0.2) is 35.1 Å². The van der Waals surface area contributed by atoms with Gasteiger partial charge in [-0.3, -0.25) is 14.5 Å². The molecule has 1 aromatic carbocycles. The molecule has 138 valence electrons. The topological polar surface area (TPSA) is 115 Å². The van der Waals surface area contributed by atoms with Gasteiger partial charge in [-0.2, -0.15) is 0 Å². The molecule has 1 atom stereocenters. The molecule has 0 radical (unpaired) electrons. The molecular formula is C16H17N3O6S. The number of amides is 2. The molecular weight excluding hydrogens is 362 g/mol. The van der Waals surface area contributed by atoms with Crippen molar-refractivity contribution in [2.75, 3.05) is 24.2 Å². The van der Waals surface area contributed by atoms with E-state index in [2.05, 4.69) is 5.32 Å². The highest BCUT2D eigenvalue weighted by Gasteiger charge is 2.32. The third kappa shape index (κ3) is 3.40. The van der Waals surface area contributed by atoms with Crippen molar-refractivity contribution in [3.8, 4) is 0 Å². The van der Waals surface area contributed by atoms with E-state index in [9.17, 15) is 22.8 Å². The van der Waals surface area contributed by atoms with Crippen LogP contribution in [-0.4, -0.2) is 49.8 Å². The Bertz CT molecular complexity index is 1060. The van der Waals surface area contributed by atoms with Crippen LogP contribution in [0, 0.1) is 0 Å². The zero-order valence-corrected chi connectivity index (χ0v) is 14.9. The van der Waals surface area contributed by atoms with Crippen LogP contribution in [0.3, 0.4) is 0 Å². The SMILES string of the molecule is CC(=O)NC[C@H]1CN(c2ccc3c(ccc(=O)n3S(C)(=O)=O)c2)C(=O)O1. The lowest BCUT2D eigenvalue weighted by Gasteiger charge is -2.15. The number of aromatic nitrogens is 1. The number of rotatable bonds is 4. The van der Waals surface area contributed by atoms with Crippen LogP contribution in [0.2, 0.25) is 0 Å². The lowest BCUT2D eigenvalue weighted by atomic mass is 10.2. The summed E-state index contributed by atoms with van der Waals surface area (Å²) in [5.41, 5.74) is 0.0846. The fourth-order valence-corrected chi connectivity index (χ4v) is 3.73. The van der Waals surface area contributed by atoms with E-state index in [1.54, 1.807) is 12.1 Å². The van der Waals surface area contributed by atoms with Crippen LogP contribution in [-0.2, 0) is 19.6 Å². The van der Waals surface area contributed by atoms with Crippen LogP contribution < -0.4 is 15.8 Å². The Hall–Kier alpha value is -2.88. The van der Waals surface area contributed by atoms with Gasteiger partial charge in [-0.25, -0.2) is 17.2 Å². The van der Waals surface area contributed by atoms with E-state index in [0.717, 1.165) is 12.3 Å². The minimum atomic E-state index is -3.77. The summed E-state index contributed by atoms with van der Waals surface area (Å²) in [6, 6.07) is 7.29. The van der Waals surface area contributed by atoms with Crippen molar-refractivity contribution in [3.05, 3.63) is 40.7 Å². The molecule has 9 nitrogen and oxygen atoms in total. The molecule has 1 aliphatic rings. The number of pyridine rings is 1. The van der Waals surface area contributed by atoms with Crippen molar-refractivity contribution >= 4 is 38.6 Å². The summed E-state index contributed by atoms with van der Waals surface area (Å²) >= 11 is 0. The largest absolute Gasteiger partial charge is 0.442 e. The number of cyclic esters (lactones) is 1. The van der Waals surface area contributed by atoms with E-state index in [0.29, 0.717) is 15.0 Å². The lowest BCUT2D eigenvalue weighted by Crippen LogP contribution is -2.33. The summed E-state index contributed by atoms with van der Waals surface area (Å²) in [6.07, 6.45) is -0.0881. The summed E-state index contributed by atoms with van der Waals surface area (Å²) in [5, 5.41) is 3.08. The van der Waals surface area contributed by atoms with Crippen molar-refractivity contribution in [3.63, 3.8) is 0 Å². The predicted molar refractivity (Wildman–Crippen MR) is 94.7 cm³/mol. The molecule has 26 heavy (non-hydrogen) atoms. The molecule has 10 heteroatoms. The van der Waals surface area contributed by atoms with Gasteiger partial charge in [0.15, 0.2) is 0 Å². The van der Waals surface area contributed by atoms with Gasteiger partial charge in [0.1, 0.15) is 6.10 Å². The minimum absolute atomic E-state index is 0.207. The van der Waals surface area contributed by atoms with E-state index in [-0.39, 0.29) is 24.5 Å². The number of hydrogen-bond donors (Lipinski definition) is 1. The normalized spacial score (nSPS) is 17.4. The summed E-state index contributed by atoms with van der Waals surface area (Å²) in [5.74, 6) is -0.219. The monoisotopic (exact) mass is 379 g/mol. The number of ether oxygens (including phenoxy) is 1. The number of nitrogens with one attached hydrogen (secondary N) is 1. The van der Waals surface area contributed by atoms with E-state index >= 15 is 0 Å². The van der Waals surface area contributed by atoms with Gasteiger partial charge in [0.25, 0.3) is 5.56 Å². The molecule has 0 aliphatic carbocycles. The number of carbonyl (C=O) groups excluding carboxylic acids is 2. The summed E-state index contributed by atoms with van der Waals surface area (Å²) in [4.78, 5) is 36.4. The maximum atomic E-state index is 12.1. The first-order valence-electron chi connectivity index (χ1n) is 7.76. The van der Waals surface area contributed by atoms with E-state index in [1.165, 1.54) is 24.0 Å². The fourth-order valence-electron chi connectivity index (χ4n) is 2.81. The summed E-state index contributed by atoms with van der Waals surface area (Å²) in [7, 11) is -3.77. The zero-order valence-electron chi connectivity index (χ0n) is 14.1. The van der Waals surface area contributed by atoms with Crippen LogP contribution in [0.1, 0.15) is 6.92 Å². The van der Waals surface area contributed by atoms with Gasteiger partial charge in [0, 0.05) is 24.1 Å². The number of fused-ring (bicyclic) bond motifs is 1. The molecule has 1 saturated heterocycles. The molecule has 1 aliphatic heterocycles. The maximum Gasteiger partial charge on any atom is 0.414 e. The number of nitrogens with zero attached hydrogens (tertiary/aromatic N) is 2. The van der Waals surface area contributed by atoms with Gasteiger partial charge in [-0.1, -0.05) is 0 Å². The second-order valence-corrected chi connectivity index (χ2v) is 7.83. The highest BCUT2D eigenvalue weighted by atomic mass is 32.2. The van der Waals surface area contributed by atoms with Gasteiger partial charge in [0.05, 0.1) is 24.9 Å². The van der Waals surface area contributed by atoms with Gasteiger partial charge >= 0.3 is 6.09 Å². The molecule has 0 saturated carbocycles. The van der Waals surface area contributed by atoms with Gasteiger partial charge in [-0.15, -0.1) is 0 Å². The first-order valence-corrected chi connectivity index (χ1v) is 9.60. The molecule has 0 bridgehead atoms. The second kappa shape index (κ2) is 6.45. The zero-order chi connectivity index (χ0) is 19.1. The Morgan fingerprint density at radius 3 is 2.65 bits per heavy atom. The Balaban J connectivity index is 1.95. The molecule has 2 aromatic rings. The average molecular weight is 379 g/mol. The number of hydrogen-bond acceptors (Lipinski definition) is 6. The third-order valence-corrected chi connectivity index (χ3v) is 4.97. The third-order valence-electron chi connectivity index (χ3n) is 3.93. The molecule has 1 N–H and O–H groups in total. The van der Waals surface area contributed by atoms with Crippen molar-refractivity contribution in [2.24, 2.45) is 0 Å². The van der Waals surface area contributed by atoms with Crippen LogP contribution in [0.5, 0.6) is 0 Å². The van der Waals surface area contributed by atoms with E-state index in [1.807, 2.05) is 0 Å². The summed E-state index contributed by atoms with van der Waals surface area (Å²) in [6.45, 7) is 1.83. The first-order chi connectivity index (χ1) is 12.2. The summed E-state index contributed by atoms with van der Waals surface area (Å²) < 4.78 is 29.7. The maximum absolute atomic E-state index is 12.1. The Kier molecular flexibility index (Phi) is 4.45. The van der Waals surface area contributed by atoms with Crippen molar-refractivity contribution in [1.82, 2.24) is 9.29 Å². The quantitative estimate of drug-likeness (QED) is 0.815. The molecule has 2 heterocycles. The molecule has 0 spiro atoms. The molecule has 1 aromatic heterocycles. The van der Waals surface area contributed by atoms with E-state index in [4.69, 9.17) is 4.74 Å². The number of anilines is 1. The average Bonchev–Trinajstić information content (AvgIpc) is 2.92. The standard InChI is InChI=1S/C16H17N3O6S/c1-10(20)17-8-13-9-18(16(22)25-13)12-4-5-14-11(7-12)3-6-15(21)19(14)26(2,23)24/h3-7,13H,8-9H2,1-2H3,(H,17,20)/t13-/m0/s1. The van der Waals surface area contributed by atoms with Crippen molar-refractivity contribution < 1.29 is 22.7 Å². The first kappa shape index (κ1) is 17.9. The lowest BCUT2D eigenvalue weighted by molar-refractivity contribution is -0.119. The van der Waals surface area contributed by atoms with E-state index < -0.39 is 27.8 Å². The Labute approximate surface area is 149 Å². The van der Waals surface area contributed by atoms with Gasteiger partial charge in [0.2, 0.25) is 15.9 Å². The van der Waals surface area contributed by atoms with Gasteiger partial charge in [-0.05, 0) is 24.3 Å². The molecule has 0 unspecified atom stereocenters. The Morgan fingerprint density at radius 2 is 2.00 bits per heavy atom. The molecule has 2 amide bonds. The fraction of sp³-hybridized carbons (Fsp3) is 0.312. The van der Waals surface area contributed by atoms with Crippen molar-refractivity contribution in [1.29, 1.82) is 0 Å².